The maximum Gasteiger partial charge on any atom is 0.268 e. The number of aromatic nitrogens is 2. The first-order chi connectivity index (χ1) is 14.3. The molecule has 2 aromatic heterocycles. The van der Waals surface area contributed by atoms with Gasteiger partial charge in [0.05, 0.1) is 19.2 Å². The standard InChI is InChI=1S/C23H30N4O2S/c1-23(2,3)27-11-5-10-26(12-13-27)15-20-24-18-14-19(30-21(18)22(28)25-20)16-6-8-17(29-4)9-7-16/h6-9,14H,5,10-13,15H2,1-4H3,(H,24,25,28). The van der Waals surface area contributed by atoms with Gasteiger partial charge < -0.3 is 9.72 Å². The van der Waals surface area contributed by atoms with E-state index >= 15 is 0 Å². The van der Waals surface area contributed by atoms with Crippen LogP contribution in [0, 0.1) is 0 Å². The second-order valence-electron chi connectivity index (χ2n) is 8.85. The molecule has 0 atom stereocenters. The number of rotatable bonds is 4. The summed E-state index contributed by atoms with van der Waals surface area (Å²) in [7, 11) is 1.66. The Morgan fingerprint density at radius 1 is 1.13 bits per heavy atom. The Morgan fingerprint density at radius 3 is 2.60 bits per heavy atom. The van der Waals surface area contributed by atoms with Crippen molar-refractivity contribution in [2.24, 2.45) is 0 Å². The summed E-state index contributed by atoms with van der Waals surface area (Å²) >= 11 is 1.48. The van der Waals surface area contributed by atoms with E-state index in [4.69, 9.17) is 9.72 Å². The van der Waals surface area contributed by atoms with E-state index in [1.54, 1.807) is 7.11 Å². The van der Waals surface area contributed by atoms with Crippen LogP contribution < -0.4 is 10.3 Å². The number of H-pyrrole nitrogens is 1. The average molecular weight is 427 g/mol. The van der Waals surface area contributed by atoms with Crippen molar-refractivity contribution in [2.45, 2.75) is 39.3 Å². The van der Waals surface area contributed by atoms with Crippen LogP contribution in [0.5, 0.6) is 5.75 Å². The van der Waals surface area contributed by atoms with Gasteiger partial charge in [0.25, 0.3) is 5.56 Å². The fraction of sp³-hybridized carbons (Fsp3) is 0.478. The van der Waals surface area contributed by atoms with Crippen molar-refractivity contribution >= 4 is 21.6 Å². The van der Waals surface area contributed by atoms with Gasteiger partial charge in [-0.2, -0.15) is 0 Å². The van der Waals surface area contributed by atoms with E-state index in [0.717, 1.165) is 60.1 Å². The molecule has 7 heteroatoms. The molecule has 3 heterocycles. The highest BCUT2D eigenvalue weighted by Gasteiger charge is 2.24. The number of methoxy groups -OCH3 is 1. The molecule has 6 nitrogen and oxygen atoms in total. The lowest BCUT2D eigenvalue weighted by Crippen LogP contribution is -2.43. The highest BCUT2D eigenvalue weighted by Crippen LogP contribution is 2.31. The Hall–Kier alpha value is -2.22. The van der Waals surface area contributed by atoms with Crippen LogP contribution in [-0.2, 0) is 6.54 Å². The van der Waals surface area contributed by atoms with E-state index in [1.165, 1.54) is 11.3 Å². The van der Waals surface area contributed by atoms with E-state index in [9.17, 15) is 4.79 Å². The number of benzene rings is 1. The van der Waals surface area contributed by atoms with Crippen molar-refractivity contribution in [1.29, 1.82) is 0 Å². The Labute approximate surface area is 181 Å². The molecule has 30 heavy (non-hydrogen) atoms. The maximum absolute atomic E-state index is 12.7. The van der Waals surface area contributed by atoms with Crippen LogP contribution >= 0.6 is 11.3 Å². The molecule has 0 unspecified atom stereocenters. The van der Waals surface area contributed by atoms with Crippen LogP contribution in [0.4, 0.5) is 0 Å². The minimum absolute atomic E-state index is 0.0501. The zero-order valence-corrected chi connectivity index (χ0v) is 19.0. The molecule has 1 aromatic carbocycles. The first kappa shape index (κ1) is 21.0. The fourth-order valence-electron chi connectivity index (χ4n) is 3.97. The highest BCUT2D eigenvalue weighted by molar-refractivity contribution is 7.22. The predicted octanol–water partition coefficient (Wildman–Crippen LogP) is 3.97. The van der Waals surface area contributed by atoms with Crippen LogP contribution in [0.1, 0.15) is 33.0 Å². The molecular weight excluding hydrogens is 396 g/mol. The minimum Gasteiger partial charge on any atom is -0.497 e. The predicted molar refractivity (Wildman–Crippen MR) is 123 cm³/mol. The molecule has 0 aliphatic carbocycles. The van der Waals surface area contributed by atoms with Crippen molar-refractivity contribution in [3.05, 3.63) is 46.5 Å². The molecule has 160 valence electrons. The second-order valence-corrected chi connectivity index (χ2v) is 9.91. The first-order valence-electron chi connectivity index (χ1n) is 10.5. The topological polar surface area (TPSA) is 61.5 Å². The third-order valence-electron chi connectivity index (χ3n) is 5.72. The van der Waals surface area contributed by atoms with E-state index < -0.39 is 0 Å². The molecule has 0 saturated carbocycles. The normalized spacial score (nSPS) is 16.7. The lowest BCUT2D eigenvalue weighted by Gasteiger charge is -2.34. The molecular formula is C23H30N4O2S. The van der Waals surface area contributed by atoms with E-state index in [2.05, 4.69) is 35.6 Å². The van der Waals surface area contributed by atoms with Gasteiger partial charge in [-0.05, 0) is 76.2 Å². The van der Waals surface area contributed by atoms with Gasteiger partial charge in [0.1, 0.15) is 16.3 Å². The zero-order chi connectivity index (χ0) is 21.3. The number of hydrogen-bond donors (Lipinski definition) is 1. The smallest absolute Gasteiger partial charge is 0.268 e. The van der Waals surface area contributed by atoms with Gasteiger partial charge >= 0.3 is 0 Å². The van der Waals surface area contributed by atoms with E-state index in [0.29, 0.717) is 11.2 Å². The summed E-state index contributed by atoms with van der Waals surface area (Å²) in [5.41, 5.74) is 1.98. The molecule has 0 spiro atoms. The van der Waals surface area contributed by atoms with E-state index in [-0.39, 0.29) is 11.1 Å². The van der Waals surface area contributed by atoms with Gasteiger partial charge in [0, 0.05) is 23.5 Å². The quantitative estimate of drug-likeness (QED) is 0.684. The molecule has 1 saturated heterocycles. The van der Waals surface area contributed by atoms with Crippen molar-refractivity contribution in [3.63, 3.8) is 0 Å². The van der Waals surface area contributed by atoms with Gasteiger partial charge in [-0.25, -0.2) is 4.98 Å². The lowest BCUT2D eigenvalue weighted by atomic mass is 10.1. The Balaban J connectivity index is 1.53. The van der Waals surface area contributed by atoms with Crippen molar-refractivity contribution in [2.75, 3.05) is 33.3 Å². The third-order valence-corrected chi connectivity index (χ3v) is 6.89. The number of nitrogens with one attached hydrogen (secondary N) is 1. The second kappa shape index (κ2) is 8.49. The van der Waals surface area contributed by atoms with Gasteiger partial charge in [-0.1, -0.05) is 0 Å². The minimum atomic E-state index is -0.0501. The summed E-state index contributed by atoms with van der Waals surface area (Å²) in [6.45, 7) is 11.6. The lowest BCUT2D eigenvalue weighted by molar-refractivity contribution is 0.140. The molecule has 1 N–H and O–H groups in total. The largest absolute Gasteiger partial charge is 0.497 e. The summed E-state index contributed by atoms with van der Waals surface area (Å²) in [5, 5.41) is 0. The number of fused-ring (bicyclic) bond motifs is 1. The summed E-state index contributed by atoms with van der Waals surface area (Å²) in [4.78, 5) is 26.5. The SMILES string of the molecule is COc1ccc(-c2cc3nc(CN4CCCN(C(C)(C)C)CC4)[nH]c(=O)c3s2)cc1. The summed E-state index contributed by atoms with van der Waals surface area (Å²) in [6, 6.07) is 9.91. The summed E-state index contributed by atoms with van der Waals surface area (Å²) in [6.07, 6.45) is 1.13. The number of nitrogens with zero attached hydrogens (tertiary/aromatic N) is 3. The number of thiophene rings is 1. The highest BCUT2D eigenvalue weighted by atomic mass is 32.1. The van der Waals surface area contributed by atoms with Gasteiger partial charge in [0.2, 0.25) is 0 Å². The van der Waals surface area contributed by atoms with Gasteiger partial charge in [-0.3, -0.25) is 14.6 Å². The van der Waals surface area contributed by atoms with Crippen molar-refractivity contribution in [3.8, 4) is 16.2 Å². The molecule has 1 fully saturated rings. The summed E-state index contributed by atoms with van der Waals surface area (Å²) < 4.78 is 5.91. The zero-order valence-electron chi connectivity index (χ0n) is 18.2. The Kier molecular flexibility index (Phi) is 5.95. The van der Waals surface area contributed by atoms with Gasteiger partial charge in [0.15, 0.2) is 0 Å². The Morgan fingerprint density at radius 2 is 1.90 bits per heavy atom. The average Bonchev–Trinajstić information content (AvgIpc) is 2.99. The first-order valence-corrected chi connectivity index (χ1v) is 11.3. The molecule has 0 bridgehead atoms. The molecule has 1 aliphatic rings. The van der Waals surface area contributed by atoms with Crippen LogP contribution in [-0.4, -0.2) is 58.6 Å². The third kappa shape index (κ3) is 4.58. The molecule has 0 radical (unpaired) electrons. The molecule has 3 aromatic rings. The molecule has 1 aliphatic heterocycles. The number of aromatic amines is 1. The molecule has 4 rings (SSSR count). The number of ether oxygens (including phenoxy) is 1. The Bertz CT molecular complexity index is 1070. The number of hydrogen-bond acceptors (Lipinski definition) is 6. The van der Waals surface area contributed by atoms with E-state index in [1.807, 2.05) is 30.3 Å². The van der Waals surface area contributed by atoms with Crippen LogP contribution in [0.15, 0.2) is 35.1 Å². The summed E-state index contributed by atoms with van der Waals surface area (Å²) in [5.74, 6) is 1.57. The van der Waals surface area contributed by atoms with Crippen LogP contribution in [0.25, 0.3) is 20.7 Å². The van der Waals surface area contributed by atoms with Crippen LogP contribution in [0.2, 0.25) is 0 Å². The van der Waals surface area contributed by atoms with Crippen molar-refractivity contribution < 1.29 is 4.74 Å². The molecule has 0 amide bonds. The van der Waals surface area contributed by atoms with Gasteiger partial charge in [-0.15, -0.1) is 11.3 Å². The monoisotopic (exact) mass is 426 g/mol. The maximum atomic E-state index is 12.7. The van der Waals surface area contributed by atoms with Crippen molar-refractivity contribution in [1.82, 2.24) is 19.8 Å². The fourth-order valence-corrected chi connectivity index (χ4v) is 4.97. The van der Waals surface area contributed by atoms with Crippen LogP contribution in [0.3, 0.4) is 0 Å².